The summed E-state index contributed by atoms with van der Waals surface area (Å²) >= 11 is 0. The monoisotopic (exact) mass is 821 g/mol. The molecule has 0 radical (unpaired) electrons. The lowest BCUT2D eigenvalue weighted by Crippen LogP contribution is -2.28. The Hall–Kier alpha value is -7.22. The van der Waals surface area contributed by atoms with Gasteiger partial charge in [0.25, 0.3) is 0 Å². The molecule has 3 atom stereocenters. The maximum atomic E-state index is 2.54. The molecule has 0 spiro atoms. The van der Waals surface area contributed by atoms with E-state index in [0.29, 0.717) is 5.92 Å². The van der Waals surface area contributed by atoms with E-state index in [4.69, 9.17) is 0 Å². The summed E-state index contributed by atoms with van der Waals surface area (Å²) in [7, 11) is 0. The average Bonchev–Trinajstić information content (AvgIpc) is 4.09. The molecule has 12 rings (SSSR count). The Morgan fingerprint density at radius 1 is 0.422 bits per heavy atom. The number of fused-ring (bicyclic) bond motifs is 5. The highest BCUT2D eigenvalue weighted by atomic mass is 15.1. The SMILES string of the molecule is Cc1cccc2c1-c1ccc(N(c3ccc(C4CC5CCC4C5)cc3)c3ccccc3-c3ccccc3-c3ccccc3-c3ccccc3)cc1C2(c1ccccc1)c1ccccc1. The number of para-hydroxylation sites is 1. The Bertz CT molecular complexity index is 3090. The summed E-state index contributed by atoms with van der Waals surface area (Å²) in [5.41, 5.74) is 20.9. The average molecular weight is 822 g/mol. The van der Waals surface area contributed by atoms with Crippen LogP contribution in [0.5, 0.6) is 0 Å². The molecule has 3 aliphatic rings. The molecule has 2 fully saturated rings. The van der Waals surface area contributed by atoms with Gasteiger partial charge in [-0.3, -0.25) is 0 Å². The number of rotatable bonds is 9. The van der Waals surface area contributed by atoms with E-state index >= 15 is 0 Å². The second-order valence-corrected chi connectivity index (χ2v) is 18.4. The molecule has 0 N–H and O–H groups in total. The lowest BCUT2D eigenvalue weighted by atomic mass is 9.67. The highest BCUT2D eigenvalue weighted by Gasteiger charge is 2.47. The minimum atomic E-state index is -0.514. The normalized spacial score (nSPS) is 17.8. The van der Waals surface area contributed by atoms with Gasteiger partial charge in [0.1, 0.15) is 0 Å². The molecule has 9 aromatic rings. The summed E-state index contributed by atoms with van der Waals surface area (Å²) in [5, 5.41) is 0. The van der Waals surface area contributed by atoms with Crippen molar-refractivity contribution in [3.8, 4) is 44.5 Å². The van der Waals surface area contributed by atoms with Crippen molar-refractivity contribution in [3.05, 3.63) is 258 Å². The molecule has 0 heterocycles. The van der Waals surface area contributed by atoms with Crippen LogP contribution in [0.2, 0.25) is 0 Å². The van der Waals surface area contributed by atoms with E-state index in [-0.39, 0.29) is 0 Å². The van der Waals surface area contributed by atoms with Gasteiger partial charge in [-0.05, 0) is 147 Å². The molecule has 2 bridgehead atoms. The zero-order valence-corrected chi connectivity index (χ0v) is 36.4. The summed E-state index contributed by atoms with van der Waals surface area (Å²) < 4.78 is 0. The van der Waals surface area contributed by atoms with Crippen molar-refractivity contribution in [1.82, 2.24) is 0 Å². The van der Waals surface area contributed by atoms with Crippen molar-refractivity contribution in [2.24, 2.45) is 11.8 Å². The number of hydrogen-bond donors (Lipinski definition) is 0. The van der Waals surface area contributed by atoms with Gasteiger partial charge in [-0.2, -0.15) is 0 Å². The number of aryl methyl sites for hydroxylation is 1. The third-order valence-corrected chi connectivity index (χ3v) is 15.0. The second-order valence-electron chi connectivity index (χ2n) is 18.4. The molecule has 3 unspecified atom stereocenters. The predicted octanol–water partition coefficient (Wildman–Crippen LogP) is 16.7. The third-order valence-electron chi connectivity index (χ3n) is 15.0. The van der Waals surface area contributed by atoms with Crippen LogP contribution in [0.15, 0.2) is 224 Å². The Kier molecular flexibility index (Phi) is 9.52. The summed E-state index contributed by atoms with van der Waals surface area (Å²) in [6.45, 7) is 2.27. The minimum absolute atomic E-state index is 0.514. The third kappa shape index (κ3) is 6.21. The van der Waals surface area contributed by atoms with Crippen LogP contribution in [-0.4, -0.2) is 0 Å². The zero-order valence-electron chi connectivity index (χ0n) is 36.4. The van der Waals surface area contributed by atoms with Crippen molar-refractivity contribution in [3.63, 3.8) is 0 Å². The van der Waals surface area contributed by atoms with Gasteiger partial charge in [-0.1, -0.05) is 201 Å². The maximum absolute atomic E-state index is 2.54. The van der Waals surface area contributed by atoms with Gasteiger partial charge >= 0.3 is 0 Å². The summed E-state index contributed by atoms with van der Waals surface area (Å²) in [6.07, 6.45) is 5.53. The van der Waals surface area contributed by atoms with E-state index in [1.54, 1.807) is 0 Å². The van der Waals surface area contributed by atoms with E-state index in [2.05, 4.69) is 236 Å². The molecule has 0 saturated heterocycles. The summed E-state index contributed by atoms with van der Waals surface area (Å²) in [6, 6.07) is 84.0. The fourth-order valence-corrected chi connectivity index (χ4v) is 12.2. The van der Waals surface area contributed by atoms with Gasteiger partial charge < -0.3 is 4.90 Å². The van der Waals surface area contributed by atoms with Crippen molar-refractivity contribution in [1.29, 1.82) is 0 Å². The van der Waals surface area contributed by atoms with Gasteiger partial charge in [0.2, 0.25) is 0 Å². The van der Waals surface area contributed by atoms with Crippen LogP contribution in [0.25, 0.3) is 44.5 Å². The molecule has 1 heteroatoms. The molecular formula is C63H51N. The largest absolute Gasteiger partial charge is 0.310 e. The first-order valence-electron chi connectivity index (χ1n) is 23.3. The van der Waals surface area contributed by atoms with Crippen molar-refractivity contribution >= 4 is 17.1 Å². The molecule has 0 amide bonds. The number of anilines is 3. The Morgan fingerprint density at radius 2 is 0.984 bits per heavy atom. The molecule has 2 saturated carbocycles. The van der Waals surface area contributed by atoms with Gasteiger partial charge in [-0.25, -0.2) is 0 Å². The molecule has 1 nitrogen and oxygen atoms in total. The summed E-state index contributed by atoms with van der Waals surface area (Å²) in [5.74, 6) is 2.40. The standard InChI is InChI=1S/C63H51N/c1-43-18-17-30-59-62(43)57-39-38-51(42-60(57)63(59,48-21-7-3-8-22-48)49-23-9-4-10-24-49)64(50-36-34-46(35-37-50)58-41-44-32-33-47(58)40-44)61-31-16-15-29-56(61)55-28-14-13-27-54(55)53-26-12-11-25-52(53)45-19-5-2-6-20-45/h2-31,34-39,42,44,47,58H,32-33,40-41H2,1H3. The van der Waals surface area contributed by atoms with Gasteiger partial charge in [0.05, 0.1) is 11.1 Å². The fourth-order valence-electron chi connectivity index (χ4n) is 12.2. The molecular weight excluding hydrogens is 771 g/mol. The van der Waals surface area contributed by atoms with Crippen LogP contribution in [0, 0.1) is 18.8 Å². The highest BCUT2D eigenvalue weighted by molar-refractivity contribution is 5.98. The first-order valence-corrected chi connectivity index (χ1v) is 23.3. The quantitative estimate of drug-likeness (QED) is 0.140. The molecule has 9 aromatic carbocycles. The number of hydrogen-bond acceptors (Lipinski definition) is 1. The first-order chi connectivity index (χ1) is 31.7. The van der Waals surface area contributed by atoms with Crippen molar-refractivity contribution < 1.29 is 0 Å². The van der Waals surface area contributed by atoms with E-state index in [1.807, 2.05) is 0 Å². The second kappa shape index (κ2) is 15.8. The van der Waals surface area contributed by atoms with E-state index in [0.717, 1.165) is 28.9 Å². The molecule has 64 heavy (non-hydrogen) atoms. The van der Waals surface area contributed by atoms with Crippen LogP contribution in [0.1, 0.15) is 65.0 Å². The van der Waals surface area contributed by atoms with E-state index < -0.39 is 5.41 Å². The number of nitrogens with zero attached hydrogens (tertiary/aromatic N) is 1. The van der Waals surface area contributed by atoms with Gasteiger partial charge in [0, 0.05) is 16.9 Å². The highest BCUT2D eigenvalue weighted by Crippen LogP contribution is 2.59. The lowest BCUT2D eigenvalue weighted by molar-refractivity contribution is 0.420. The van der Waals surface area contributed by atoms with Crippen molar-refractivity contribution in [2.45, 2.75) is 43.9 Å². The topological polar surface area (TPSA) is 3.24 Å². The number of benzene rings is 9. The lowest BCUT2D eigenvalue weighted by Gasteiger charge is -2.35. The van der Waals surface area contributed by atoms with Crippen LogP contribution in [0.3, 0.4) is 0 Å². The van der Waals surface area contributed by atoms with Crippen LogP contribution >= 0.6 is 0 Å². The van der Waals surface area contributed by atoms with Crippen LogP contribution in [-0.2, 0) is 5.41 Å². The Labute approximate surface area is 378 Å². The molecule has 0 aromatic heterocycles. The van der Waals surface area contributed by atoms with Crippen molar-refractivity contribution in [2.75, 3.05) is 4.90 Å². The Balaban J connectivity index is 1.09. The first kappa shape index (κ1) is 38.5. The molecule has 0 aliphatic heterocycles. The van der Waals surface area contributed by atoms with Crippen LogP contribution < -0.4 is 4.90 Å². The van der Waals surface area contributed by atoms with E-state index in [9.17, 15) is 0 Å². The predicted molar refractivity (Wildman–Crippen MR) is 268 cm³/mol. The van der Waals surface area contributed by atoms with E-state index in [1.165, 1.54) is 104 Å². The molecule has 308 valence electrons. The molecule has 3 aliphatic carbocycles. The zero-order chi connectivity index (χ0) is 42.6. The Morgan fingerprint density at radius 3 is 1.62 bits per heavy atom. The summed E-state index contributed by atoms with van der Waals surface area (Å²) in [4.78, 5) is 2.54. The maximum Gasteiger partial charge on any atom is 0.0714 e. The van der Waals surface area contributed by atoms with Gasteiger partial charge in [0.15, 0.2) is 0 Å². The minimum Gasteiger partial charge on any atom is -0.310 e. The van der Waals surface area contributed by atoms with Gasteiger partial charge in [-0.15, -0.1) is 0 Å². The van der Waals surface area contributed by atoms with Crippen LogP contribution in [0.4, 0.5) is 17.1 Å². The smallest absolute Gasteiger partial charge is 0.0714 e. The fraction of sp³-hybridized carbons (Fsp3) is 0.143.